The van der Waals surface area contributed by atoms with E-state index in [1.807, 2.05) is 0 Å². The predicted octanol–water partition coefficient (Wildman–Crippen LogP) is -6.19. The average molecular weight is 971 g/mol. The summed E-state index contributed by atoms with van der Waals surface area (Å²) in [6, 6.07) is -7.75. The first-order valence-electron chi connectivity index (χ1n) is 21.2. The number of esters is 4. The number of hydrogen-bond acceptors (Lipinski definition) is 19. The first-order chi connectivity index (χ1) is 32.0. The standard InChI is InChI=1S/C39H58N10O19/c1-17-33(58)43-13-27(54)46-22(8-6-10-42-39(40)41)34(59)44-14-28(55)47-23(12-29(56)57)35(60)48-24(37(62)49-11-7-9-25(49)36(61)45-17)15-64-38-32(67-21(5)53)31(66-20(4)52)30(65-19(3)51)26(68-38)16-63-18(2)50/h17,22-26,30-32,38H,6-16H2,1-5H3,(H,43,58)(H,44,59)(H,45,61)(H,46,54)(H,47,55)(H,48,60)(H,56,57)(H4,40,41,42)/t17-,22-,23-,24-,25-,26+,30+,31-,32+,38+/m0/s1. The van der Waals surface area contributed by atoms with E-state index in [9.17, 15) is 62.6 Å². The molecule has 29 heteroatoms. The number of carbonyl (C=O) groups excluding carboxylic acids is 11. The number of fused-ring (bicyclic) bond motifs is 1. The molecule has 0 aromatic rings. The number of hydrogen-bond donors (Lipinski definition) is 9. The summed E-state index contributed by atoms with van der Waals surface area (Å²) in [4.78, 5) is 160. The fraction of sp³-hybridized carbons (Fsp3) is 0.667. The van der Waals surface area contributed by atoms with Gasteiger partial charge in [-0.1, -0.05) is 0 Å². The van der Waals surface area contributed by atoms with Gasteiger partial charge in [-0.05, 0) is 32.6 Å². The molecule has 29 nitrogen and oxygen atoms in total. The minimum atomic E-state index is -1.95. The third-order valence-electron chi connectivity index (χ3n) is 10.1. The Hall–Kier alpha value is -7.17. The molecule has 3 heterocycles. The van der Waals surface area contributed by atoms with E-state index in [4.69, 9.17) is 39.9 Å². The van der Waals surface area contributed by atoms with Crippen LogP contribution in [0.5, 0.6) is 0 Å². The lowest BCUT2D eigenvalue weighted by Gasteiger charge is -2.44. The van der Waals surface area contributed by atoms with Crippen LogP contribution in [0.2, 0.25) is 0 Å². The Morgan fingerprint density at radius 1 is 0.721 bits per heavy atom. The van der Waals surface area contributed by atoms with Gasteiger partial charge in [0, 0.05) is 40.8 Å². The molecule has 11 N–H and O–H groups in total. The number of carboxylic acid groups (broad SMARTS) is 1. The maximum Gasteiger partial charge on any atom is 0.305 e. The van der Waals surface area contributed by atoms with Crippen LogP contribution in [0.4, 0.5) is 0 Å². The Kier molecular flexibility index (Phi) is 21.3. The Morgan fingerprint density at radius 2 is 1.31 bits per heavy atom. The number of carboxylic acids is 1. The summed E-state index contributed by atoms with van der Waals surface area (Å²) in [5.41, 5.74) is 10.7. The van der Waals surface area contributed by atoms with Gasteiger partial charge < -0.3 is 81.8 Å². The highest BCUT2D eigenvalue weighted by molar-refractivity contribution is 5.98. The van der Waals surface area contributed by atoms with Crippen LogP contribution in [0.15, 0.2) is 4.99 Å². The number of ether oxygens (including phenoxy) is 6. The highest BCUT2D eigenvalue weighted by atomic mass is 16.7. The summed E-state index contributed by atoms with van der Waals surface area (Å²) >= 11 is 0. The van der Waals surface area contributed by atoms with Crippen LogP contribution in [0.25, 0.3) is 0 Å². The third kappa shape index (κ3) is 17.6. The summed E-state index contributed by atoms with van der Waals surface area (Å²) < 4.78 is 33.2. The van der Waals surface area contributed by atoms with Gasteiger partial charge in [0.1, 0.15) is 42.9 Å². The smallest absolute Gasteiger partial charge is 0.305 e. The maximum atomic E-state index is 14.5. The number of rotatable bonds is 14. The van der Waals surface area contributed by atoms with Crippen LogP contribution >= 0.6 is 0 Å². The number of aliphatic carboxylic acids is 1. The van der Waals surface area contributed by atoms with E-state index >= 15 is 0 Å². The van der Waals surface area contributed by atoms with E-state index in [1.165, 1.54) is 6.92 Å². The average Bonchev–Trinajstić information content (AvgIpc) is 3.74. The Bertz CT molecular complexity index is 1960. The molecule has 0 spiro atoms. The molecule has 3 aliphatic rings. The summed E-state index contributed by atoms with van der Waals surface area (Å²) in [6.07, 6.45) is -9.19. The molecule has 7 amide bonds. The quantitative estimate of drug-likeness (QED) is 0.0257. The van der Waals surface area contributed by atoms with Gasteiger partial charge in [0.2, 0.25) is 41.4 Å². The number of aliphatic imine (C=N–C) groups is 1. The van der Waals surface area contributed by atoms with Gasteiger partial charge >= 0.3 is 29.8 Å². The zero-order valence-electron chi connectivity index (χ0n) is 37.9. The Labute approximate surface area is 388 Å². The van der Waals surface area contributed by atoms with Crippen molar-refractivity contribution in [2.75, 3.05) is 39.4 Å². The molecule has 3 rings (SSSR count). The van der Waals surface area contributed by atoms with E-state index in [0.29, 0.717) is 0 Å². The highest BCUT2D eigenvalue weighted by Crippen LogP contribution is 2.30. The SMILES string of the molecule is CC(=O)OC[C@H]1O[C@@H](OC[C@@H]2NC(=O)[C@H](CC(=O)O)NC(=O)CNC(=O)[C@H](CCCN=C(N)N)NC(=O)CNC(=O)[C@H](C)NC(=O)[C@@H]3CCCN3C2=O)[C@H](OC(C)=O)[C@@H](OC(C)=O)[C@@H]1OC(C)=O. The maximum absolute atomic E-state index is 14.5. The fourth-order valence-corrected chi connectivity index (χ4v) is 7.10. The number of nitrogens with zero attached hydrogens (tertiary/aromatic N) is 2. The number of amides is 7. The number of guanidine groups is 1. The third-order valence-corrected chi connectivity index (χ3v) is 10.1. The van der Waals surface area contributed by atoms with E-state index in [0.717, 1.165) is 32.6 Å². The van der Waals surface area contributed by atoms with Crippen LogP contribution in [-0.4, -0.2) is 187 Å². The normalized spacial score (nSPS) is 27.7. The van der Waals surface area contributed by atoms with Crippen molar-refractivity contribution in [2.45, 2.75) is 128 Å². The van der Waals surface area contributed by atoms with Gasteiger partial charge in [-0.2, -0.15) is 0 Å². The molecule has 3 aliphatic heterocycles. The molecule has 3 fully saturated rings. The number of carbonyl (C=O) groups is 12. The van der Waals surface area contributed by atoms with Gasteiger partial charge in [-0.25, -0.2) is 0 Å². The summed E-state index contributed by atoms with van der Waals surface area (Å²) in [7, 11) is 0. The zero-order valence-corrected chi connectivity index (χ0v) is 37.9. The van der Waals surface area contributed by atoms with Gasteiger partial charge in [-0.15, -0.1) is 0 Å². The molecule has 0 aromatic carbocycles. The van der Waals surface area contributed by atoms with Crippen molar-refractivity contribution in [3.8, 4) is 0 Å². The Morgan fingerprint density at radius 3 is 1.90 bits per heavy atom. The molecule has 0 saturated carbocycles. The van der Waals surface area contributed by atoms with E-state index in [1.54, 1.807) is 0 Å². The lowest BCUT2D eigenvalue weighted by molar-refractivity contribution is -0.308. The summed E-state index contributed by atoms with van der Waals surface area (Å²) in [5.74, 6) is -12.4. The van der Waals surface area contributed by atoms with Crippen molar-refractivity contribution >= 4 is 77.2 Å². The molecule has 0 radical (unpaired) electrons. The van der Waals surface area contributed by atoms with Gasteiger partial charge in [-0.3, -0.25) is 62.5 Å². The highest BCUT2D eigenvalue weighted by Gasteiger charge is 2.53. The molecule has 378 valence electrons. The second-order valence-corrected chi connectivity index (χ2v) is 15.6. The van der Waals surface area contributed by atoms with Gasteiger partial charge in [0.25, 0.3) is 0 Å². The molecule has 0 aromatic heterocycles. The van der Waals surface area contributed by atoms with E-state index < -0.39 is 165 Å². The van der Waals surface area contributed by atoms with Gasteiger partial charge in [0.15, 0.2) is 30.6 Å². The molecule has 68 heavy (non-hydrogen) atoms. The van der Waals surface area contributed by atoms with Gasteiger partial charge in [0.05, 0.1) is 26.1 Å². The predicted molar refractivity (Wildman–Crippen MR) is 224 cm³/mol. The largest absolute Gasteiger partial charge is 0.481 e. The first kappa shape index (κ1) is 55.2. The first-order valence-corrected chi connectivity index (χ1v) is 21.2. The zero-order chi connectivity index (χ0) is 50.8. The fourth-order valence-electron chi connectivity index (χ4n) is 7.10. The molecule has 3 saturated heterocycles. The van der Waals surface area contributed by atoms with Crippen LogP contribution in [-0.2, 0) is 86.0 Å². The van der Waals surface area contributed by atoms with Crippen molar-refractivity contribution in [3.05, 3.63) is 0 Å². The molecular formula is C39H58N10O19. The van der Waals surface area contributed by atoms with Crippen LogP contribution < -0.4 is 43.4 Å². The van der Waals surface area contributed by atoms with Crippen LogP contribution in [0, 0.1) is 0 Å². The van der Waals surface area contributed by atoms with Crippen molar-refractivity contribution < 1.29 is 91.1 Å². The lowest BCUT2D eigenvalue weighted by atomic mass is 9.98. The van der Waals surface area contributed by atoms with Crippen molar-refractivity contribution in [3.63, 3.8) is 0 Å². The molecule has 10 atom stereocenters. The van der Waals surface area contributed by atoms with Crippen molar-refractivity contribution in [1.82, 2.24) is 36.8 Å². The lowest BCUT2D eigenvalue weighted by Crippen LogP contribution is -2.64. The second kappa shape index (κ2) is 26.2. The van der Waals surface area contributed by atoms with Crippen LogP contribution in [0.3, 0.4) is 0 Å². The minimum Gasteiger partial charge on any atom is -0.481 e. The Balaban J connectivity index is 2.07. The summed E-state index contributed by atoms with van der Waals surface area (Å²) in [6.45, 7) is 2.07. The van der Waals surface area contributed by atoms with E-state index in [2.05, 4.69) is 36.9 Å². The second-order valence-electron chi connectivity index (χ2n) is 15.6. The topological polar surface area (TPSA) is 420 Å². The summed E-state index contributed by atoms with van der Waals surface area (Å²) in [5, 5.41) is 23.7. The molecule has 0 aliphatic carbocycles. The molecule has 0 bridgehead atoms. The minimum absolute atomic E-state index is 0.0394. The number of nitrogens with two attached hydrogens (primary N) is 2. The molecule has 0 unspecified atom stereocenters. The van der Waals surface area contributed by atoms with E-state index in [-0.39, 0.29) is 44.7 Å². The van der Waals surface area contributed by atoms with Crippen LogP contribution in [0.1, 0.15) is 66.7 Å². The van der Waals surface area contributed by atoms with Crippen molar-refractivity contribution in [2.24, 2.45) is 16.5 Å². The monoisotopic (exact) mass is 970 g/mol. The number of nitrogens with one attached hydrogen (secondary N) is 6. The molecular weight excluding hydrogens is 912 g/mol. The van der Waals surface area contributed by atoms with Crippen molar-refractivity contribution in [1.29, 1.82) is 0 Å².